The summed E-state index contributed by atoms with van der Waals surface area (Å²) in [7, 11) is 0. The van der Waals surface area contributed by atoms with Gasteiger partial charge in [-0.2, -0.15) is 0 Å². The number of ether oxygens (including phenoxy) is 1. The number of benzene rings is 2. The molecule has 0 saturated carbocycles. The van der Waals surface area contributed by atoms with Gasteiger partial charge in [0.1, 0.15) is 18.9 Å². The van der Waals surface area contributed by atoms with Crippen LogP contribution in [0.15, 0.2) is 60.7 Å². The molecule has 0 fully saturated rings. The Kier molecular flexibility index (Phi) is 8.21. The molecule has 0 heterocycles. The molecule has 6 nitrogen and oxygen atoms in total. The van der Waals surface area contributed by atoms with Crippen LogP contribution in [0, 0.1) is 5.92 Å². The van der Waals surface area contributed by atoms with E-state index >= 15 is 0 Å². The predicted molar refractivity (Wildman–Crippen MR) is 107 cm³/mol. The summed E-state index contributed by atoms with van der Waals surface area (Å²) >= 11 is 0. The minimum absolute atomic E-state index is 0.0520. The molecule has 0 saturated heterocycles. The molecular formula is C22H26N2O4. The van der Waals surface area contributed by atoms with Gasteiger partial charge in [-0.1, -0.05) is 74.5 Å². The first-order valence-corrected chi connectivity index (χ1v) is 9.26. The van der Waals surface area contributed by atoms with E-state index in [-0.39, 0.29) is 18.9 Å². The minimum atomic E-state index is -0.855. The number of alkyl carbamates (subject to hydrolysis) is 1. The van der Waals surface area contributed by atoms with Crippen molar-refractivity contribution in [2.24, 2.45) is 5.92 Å². The Morgan fingerprint density at radius 3 is 2.04 bits per heavy atom. The van der Waals surface area contributed by atoms with Crippen molar-refractivity contribution < 1.29 is 19.1 Å². The molecule has 2 atom stereocenters. The number of rotatable bonds is 9. The zero-order chi connectivity index (χ0) is 20.4. The zero-order valence-corrected chi connectivity index (χ0v) is 16.1. The van der Waals surface area contributed by atoms with Crippen molar-refractivity contribution in [1.29, 1.82) is 0 Å². The lowest BCUT2D eigenvalue weighted by molar-refractivity contribution is -0.126. The van der Waals surface area contributed by atoms with Gasteiger partial charge in [0, 0.05) is 6.42 Å². The van der Waals surface area contributed by atoms with Crippen LogP contribution in [0.25, 0.3) is 0 Å². The predicted octanol–water partition coefficient (Wildman–Crippen LogP) is 2.86. The highest BCUT2D eigenvalue weighted by Crippen LogP contribution is 2.07. The van der Waals surface area contributed by atoms with E-state index in [0.717, 1.165) is 11.1 Å². The fourth-order valence-electron chi connectivity index (χ4n) is 2.59. The summed E-state index contributed by atoms with van der Waals surface area (Å²) in [5.74, 6) is -0.477. The average Bonchev–Trinajstić information content (AvgIpc) is 2.71. The van der Waals surface area contributed by atoms with Gasteiger partial charge in [-0.3, -0.25) is 4.79 Å². The Labute approximate surface area is 165 Å². The molecule has 2 aromatic carbocycles. The second-order valence-electron chi connectivity index (χ2n) is 6.86. The largest absolute Gasteiger partial charge is 0.445 e. The smallest absolute Gasteiger partial charge is 0.408 e. The first kappa shape index (κ1) is 21.2. The summed E-state index contributed by atoms with van der Waals surface area (Å²) < 4.78 is 5.23. The topological polar surface area (TPSA) is 84.5 Å². The molecule has 0 aliphatic rings. The second-order valence-corrected chi connectivity index (χ2v) is 6.86. The van der Waals surface area contributed by atoms with Gasteiger partial charge in [0.2, 0.25) is 5.91 Å². The molecule has 2 rings (SSSR count). The highest BCUT2D eigenvalue weighted by Gasteiger charge is 2.25. The standard InChI is InChI=1S/C22H26N2O4/c1-16(2)20(14-25)23-21(26)19(13-17-9-5-3-6-10-17)24-22(27)28-15-18-11-7-4-8-12-18/h3-12,14,16,19-20H,13,15H2,1-2H3,(H,23,26)(H,24,27)/t19-,20-/m1/s1. The number of aldehydes is 1. The molecule has 0 radical (unpaired) electrons. The van der Waals surface area contributed by atoms with Crippen molar-refractivity contribution in [3.8, 4) is 0 Å². The van der Waals surface area contributed by atoms with Crippen LogP contribution in [-0.4, -0.2) is 30.4 Å². The number of carbonyl (C=O) groups excluding carboxylic acids is 3. The number of nitrogens with one attached hydrogen (secondary N) is 2. The highest BCUT2D eigenvalue weighted by atomic mass is 16.5. The van der Waals surface area contributed by atoms with E-state index in [1.165, 1.54) is 0 Å². The van der Waals surface area contributed by atoms with Gasteiger partial charge in [0.05, 0.1) is 6.04 Å². The van der Waals surface area contributed by atoms with E-state index in [2.05, 4.69) is 10.6 Å². The average molecular weight is 382 g/mol. The van der Waals surface area contributed by atoms with Crippen molar-refractivity contribution in [2.75, 3.05) is 0 Å². The SMILES string of the molecule is CC(C)[C@@H](C=O)NC(=O)[C@@H](Cc1ccccc1)NC(=O)OCc1ccccc1. The molecule has 28 heavy (non-hydrogen) atoms. The zero-order valence-electron chi connectivity index (χ0n) is 16.1. The van der Waals surface area contributed by atoms with E-state index in [0.29, 0.717) is 6.29 Å². The molecule has 0 unspecified atom stereocenters. The quantitative estimate of drug-likeness (QED) is 0.653. The molecular weight excluding hydrogens is 356 g/mol. The van der Waals surface area contributed by atoms with Gasteiger partial charge in [-0.15, -0.1) is 0 Å². The Hall–Kier alpha value is -3.15. The third-order valence-corrected chi connectivity index (χ3v) is 4.28. The normalized spacial score (nSPS) is 12.7. The van der Waals surface area contributed by atoms with Crippen LogP contribution in [0.1, 0.15) is 25.0 Å². The lowest BCUT2D eigenvalue weighted by Gasteiger charge is -2.22. The van der Waals surface area contributed by atoms with Crippen LogP contribution in [0.4, 0.5) is 4.79 Å². The molecule has 2 N–H and O–H groups in total. The maximum Gasteiger partial charge on any atom is 0.408 e. The van der Waals surface area contributed by atoms with Crippen LogP contribution in [0.5, 0.6) is 0 Å². The molecule has 0 bridgehead atoms. The molecule has 6 heteroatoms. The van der Waals surface area contributed by atoms with Crippen LogP contribution in [0.2, 0.25) is 0 Å². The molecule has 2 amide bonds. The fraction of sp³-hybridized carbons (Fsp3) is 0.318. The molecule has 2 aromatic rings. The third-order valence-electron chi connectivity index (χ3n) is 4.28. The lowest BCUT2D eigenvalue weighted by atomic mass is 10.0. The maximum absolute atomic E-state index is 12.7. The summed E-state index contributed by atoms with van der Waals surface area (Å²) in [6.07, 6.45) is 0.305. The van der Waals surface area contributed by atoms with Gasteiger partial charge in [-0.05, 0) is 17.0 Å². The number of amides is 2. The van der Waals surface area contributed by atoms with Crippen molar-refractivity contribution in [3.05, 3.63) is 71.8 Å². The van der Waals surface area contributed by atoms with Crippen molar-refractivity contribution >= 4 is 18.3 Å². The Bertz CT molecular complexity index is 763. The van der Waals surface area contributed by atoms with Crippen LogP contribution < -0.4 is 10.6 Å². The summed E-state index contributed by atoms with van der Waals surface area (Å²) in [4.78, 5) is 36.1. The minimum Gasteiger partial charge on any atom is -0.445 e. The van der Waals surface area contributed by atoms with E-state index in [1.54, 1.807) is 0 Å². The number of hydrogen-bond acceptors (Lipinski definition) is 4. The molecule has 0 aliphatic heterocycles. The van der Waals surface area contributed by atoms with Crippen molar-refractivity contribution in [2.45, 2.75) is 39.0 Å². The Morgan fingerprint density at radius 1 is 0.929 bits per heavy atom. The maximum atomic E-state index is 12.7. The van der Waals surface area contributed by atoms with Gasteiger partial charge in [0.15, 0.2) is 0 Å². The van der Waals surface area contributed by atoms with Gasteiger partial charge >= 0.3 is 6.09 Å². The summed E-state index contributed by atoms with van der Waals surface area (Å²) in [6, 6.07) is 17.1. The Morgan fingerprint density at radius 2 is 1.50 bits per heavy atom. The van der Waals surface area contributed by atoms with Gasteiger partial charge in [-0.25, -0.2) is 4.79 Å². The van der Waals surface area contributed by atoms with Crippen LogP contribution in [-0.2, 0) is 27.4 Å². The highest BCUT2D eigenvalue weighted by molar-refractivity contribution is 5.87. The lowest BCUT2D eigenvalue weighted by Crippen LogP contribution is -2.52. The molecule has 0 spiro atoms. The molecule has 0 aliphatic carbocycles. The van der Waals surface area contributed by atoms with Crippen molar-refractivity contribution in [3.63, 3.8) is 0 Å². The third kappa shape index (κ3) is 6.87. The summed E-state index contributed by atoms with van der Waals surface area (Å²) in [5, 5.41) is 5.30. The van der Waals surface area contributed by atoms with E-state index in [9.17, 15) is 14.4 Å². The van der Waals surface area contributed by atoms with E-state index in [4.69, 9.17) is 4.74 Å². The Balaban J connectivity index is 2.03. The van der Waals surface area contributed by atoms with Gasteiger partial charge in [0.25, 0.3) is 0 Å². The van der Waals surface area contributed by atoms with Crippen LogP contribution >= 0.6 is 0 Å². The van der Waals surface area contributed by atoms with Gasteiger partial charge < -0.3 is 20.2 Å². The fourth-order valence-corrected chi connectivity index (χ4v) is 2.59. The number of hydrogen-bond donors (Lipinski definition) is 2. The van der Waals surface area contributed by atoms with E-state index < -0.39 is 24.1 Å². The molecule has 0 aromatic heterocycles. The number of carbonyl (C=O) groups is 3. The first-order valence-electron chi connectivity index (χ1n) is 9.26. The first-order chi connectivity index (χ1) is 13.5. The summed E-state index contributed by atoms with van der Waals surface area (Å²) in [6.45, 7) is 3.79. The molecule has 148 valence electrons. The monoisotopic (exact) mass is 382 g/mol. The summed E-state index contributed by atoms with van der Waals surface area (Å²) in [5.41, 5.74) is 1.74. The van der Waals surface area contributed by atoms with Crippen LogP contribution in [0.3, 0.4) is 0 Å². The van der Waals surface area contributed by atoms with Crippen molar-refractivity contribution in [1.82, 2.24) is 10.6 Å². The van der Waals surface area contributed by atoms with E-state index in [1.807, 2.05) is 74.5 Å². The second kappa shape index (κ2) is 10.9.